The van der Waals surface area contributed by atoms with Gasteiger partial charge in [-0.2, -0.15) is 0 Å². The lowest BCUT2D eigenvalue weighted by Crippen LogP contribution is -2.59. The second kappa shape index (κ2) is 46.1. The number of aliphatic hydroxyl groups excluding tert-OH is 1. The number of carbonyl (C=O) groups is 14. The van der Waals surface area contributed by atoms with E-state index in [0.29, 0.717) is 64.2 Å². The molecule has 1 aromatic carbocycles. The van der Waals surface area contributed by atoms with Crippen LogP contribution in [0.15, 0.2) is 52.1 Å². The molecule has 18 N–H and O–H groups in total. The summed E-state index contributed by atoms with van der Waals surface area (Å²) >= 11 is 0. The summed E-state index contributed by atoms with van der Waals surface area (Å²) in [6.07, 6.45) is 7.97. The average molecular weight is 1510 g/mol. The van der Waals surface area contributed by atoms with Crippen molar-refractivity contribution in [1.29, 1.82) is 0 Å². The van der Waals surface area contributed by atoms with Gasteiger partial charge in [0.15, 0.2) is 23.3 Å². The molecule has 0 aromatic heterocycles. The Kier molecular flexibility index (Phi) is 38.4. The molecular weight excluding hydrogens is 1390 g/mol. The molecule has 0 spiro atoms. The molecule has 105 heavy (non-hydrogen) atoms. The van der Waals surface area contributed by atoms with Crippen molar-refractivity contribution < 1.29 is 72.2 Å². The lowest BCUT2D eigenvalue weighted by atomic mass is 9.89. The Morgan fingerprint density at radius 2 is 1.38 bits per heavy atom. The maximum Gasteiger partial charge on any atom is 0.245 e. The molecular formula is C72H112N16O15S2. The van der Waals surface area contributed by atoms with Crippen LogP contribution in [-0.2, 0) is 73.5 Å². The number of hydrogen-bond donors (Lipinski definition) is 13. The van der Waals surface area contributed by atoms with Crippen molar-refractivity contribution in [1.82, 2.24) is 47.0 Å². The number of likely N-dealkylation sites (tertiary alicyclic amines) is 2. The van der Waals surface area contributed by atoms with E-state index in [-0.39, 0.29) is 120 Å². The van der Waals surface area contributed by atoms with Gasteiger partial charge in [-0.1, -0.05) is 85.5 Å². The number of unbranched alkanes of at least 4 members (excludes halogenated alkanes) is 2. The van der Waals surface area contributed by atoms with Gasteiger partial charge in [-0.3, -0.25) is 77.1 Å². The minimum Gasteiger partial charge on any atom is -0.394 e. The fourth-order valence-corrected chi connectivity index (χ4v) is 15.5. The zero-order valence-corrected chi connectivity index (χ0v) is 62.8. The number of allylic oxidation sites excluding steroid dienone is 1. The van der Waals surface area contributed by atoms with Gasteiger partial charge in [0.2, 0.25) is 59.1 Å². The fraction of sp³-hybridized carbons (Fsp3) is 0.667. The molecule has 3 saturated heterocycles. The van der Waals surface area contributed by atoms with Crippen LogP contribution < -0.4 is 65.9 Å². The van der Waals surface area contributed by atoms with Gasteiger partial charge >= 0.3 is 0 Å². The number of aliphatic hydroxyl groups is 1. The third-order valence-electron chi connectivity index (χ3n) is 19.0. The topological polar surface area (TPSA) is 505 Å². The first kappa shape index (κ1) is 87.5. The Hall–Kier alpha value is -8.14. The summed E-state index contributed by atoms with van der Waals surface area (Å²) < 4.78 is 0. The van der Waals surface area contributed by atoms with Crippen molar-refractivity contribution in [3.8, 4) is 0 Å². The summed E-state index contributed by atoms with van der Waals surface area (Å²) in [6.45, 7) is 6.19. The summed E-state index contributed by atoms with van der Waals surface area (Å²) in [5.74, 6) is -12.9. The van der Waals surface area contributed by atoms with E-state index in [1.807, 2.05) is 51.1 Å². The largest absolute Gasteiger partial charge is 0.394 e. The Bertz CT molecular complexity index is 3240. The van der Waals surface area contributed by atoms with Gasteiger partial charge in [-0.15, -0.1) is 0 Å². The molecule has 4 aliphatic rings. The van der Waals surface area contributed by atoms with Crippen LogP contribution in [0.5, 0.6) is 0 Å². The molecule has 4 aliphatic heterocycles. The highest BCUT2D eigenvalue weighted by Gasteiger charge is 2.42. The molecule has 3 fully saturated rings. The Morgan fingerprint density at radius 1 is 0.714 bits per heavy atom. The molecule has 1 aromatic rings. The number of aliphatic imine (C=N–C) groups is 2. The number of ketones is 4. The Labute approximate surface area is 622 Å². The Morgan fingerprint density at radius 3 is 2.03 bits per heavy atom. The molecule has 0 unspecified atom stereocenters. The number of nitrogens with one attached hydrogen (secondary N) is 7. The van der Waals surface area contributed by atoms with Crippen LogP contribution >= 0.6 is 21.6 Å². The molecule has 12 atom stereocenters. The predicted octanol–water partition coefficient (Wildman–Crippen LogP) is 0.479. The number of hydrogen-bond acceptors (Lipinski definition) is 21. The summed E-state index contributed by atoms with van der Waals surface area (Å²) in [7, 11) is 2.06. The lowest BCUT2D eigenvalue weighted by molar-refractivity contribution is -0.144. The number of amides is 10. The minimum absolute atomic E-state index is 0.0149. The molecule has 10 amide bonds. The highest BCUT2D eigenvalue weighted by Crippen LogP contribution is 2.30. The van der Waals surface area contributed by atoms with Crippen molar-refractivity contribution in [2.24, 2.45) is 62.3 Å². The van der Waals surface area contributed by atoms with Gasteiger partial charge in [-0.25, -0.2) is 0 Å². The van der Waals surface area contributed by atoms with Gasteiger partial charge in [0.1, 0.15) is 36.0 Å². The summed E-state index contributed by atoms with van der Waals surface area (Å²) in [5, 5.41) is 29.5. The standard InChI is InChI=1S/C72H112N16O15S2/c1-5-6-20-50(58(90)24-12-18-45-16-8-7-9-17-45)82-69(101)56-22-14-31-87(56)63(95)39-80-66(98)52(21-10-11-28-73)83-68(100)55-42-105-104-41-54(61(93)37-48(33-43(2)3)64(96)84-53(40-89)67(99)86-55)85-70(102)57-23-15-32-88(57)71(103)47(19-13-29-79-72(76)77)35-60(92)51(25-26-62(75)94)81-65(97)49(36-59(91)44(4)74)34-46-27-30-78-38-46/h7-9,16-17,30,38,43-44,47-57,89H,5-6,10-15,18-29,31-37,39-42,73-74H2,1-4H3,(H2,75,94)(H,80,98)(H,81,97)(H,82,101)(H,83,100)(H,84,96)(H,85,102)(H,86,99)(H4,76,77,79)/t44-,47+,48+,49+,50-,51-,52+,53+,54-,55+,56+,57-/m0/s1. The van der Waals surface area contributed by atoms with Crippen LogP contribution in [0.2, 0.25) is 0 Å². The summed E-state index contributed by atoms with van der Waals surface area (Å²) in [5.41, 5.74) is 30.3. The van der Waals surface area contributed by atoms with E-state index in [1.165, 1.54) is 16.7 Å². The zero-order valence-electron chi connectivity index (χ0n) is 61.1. The molecule has 5 rings (SSSR count). The monoisotopic (exact) mass is 1500 g/mol. The van der Waals surface area contributed by atoms with Gasteiger partial charge in [0.05, 0.1) is 37.3 Å². The maximum atomic E-state index is 15.0. The highest BCUT2D eigenvalue weighted by atomic mass is 33.1. The molecule has 0 aliphatic carbocycles. The van der Waals surface area contributed by atoms with E-state index in [2.05, 4.69) is 47.2 Å². The summed E-state index contributed by atoms with van der Waals surface area (Å²) in [6, 6.07) is -0.995. The highest BCUT2D eigenvalue weighted by molar-refractivity contribution is 8.76. The zero-order chi connectivity index (χ0) is 77.1. The lowest BCUT2D eigenvalue weighted by Gasteiger charge is -2.30. The minimum atomic E-state index is -1.63. The number of benzene rings is 1. The van der Waals surface area contributed by atoms with E-state index >= 15 is 0 Å². The molecule has 582 valence electrons. The third kappa shape index (κ3) is 30.0. The number of nitrogens with two attached hydrogens (primary N) is 5. The first-order chi connectivity index (χ1) is 50.1. The van der Waals surface area contributed by atoms with Crippen molar-refractivity contribution in [2.75, 3.05) is 50.8 Å². The number of nitrogens with zero attached hydrogens (tertiary/aromatic N) is 4. The van der Waals surface area contributed by atoms with Crippen LogP contribution in [0.4, 0.5) is 0 Å². The number of rotatable bonds is 42. The van der Waals surface area contributed by atoms with Crippen LogP contribution in [0, 0.1) is 23.7 Å². The average Bonchev–Trinajstić information content (AvgIpc) is 1.76. The van der Waals surface area contributed by atoms with Gasteiger partial charge in [-0.05, 0) is 127 Å². The second-order valence-electron chi connectivity index (χ2n) is 28.0. The van der Waals surface area contributed by atoms with E-state index in [9.17, 15) is 72.2 Å². The van der Waals surface area contributed by atoms with Crippen molar-refractivity contribution in [2.45, 2.75) is 230 Å². The van der Waals surface area contributed by atoms with E-state index in [1.54, 1.807) is 12.4 Å². The summed E-state index contributed by atoms with van der Waals surface area (Å²) in [4.78, 5) is 207. The number of Topliss-reactive ketones (excluding diaryl/α,β-unsaturated/α-hetero) is 4. The van der Waals surface area contributed by atoms with Crippen molar-refractivity contribution in [3.05, 3.63) is 47.7 Å². The normalized spacial score (nSPS) is 21.1. The number of aryl methyl sites for hydroxylation is 1. The van der Waals surface area contributed by atoms with Crippen LogP contribution in [0.1, 0.15) is 175 Å². The van der Waals surface area contributed by atoms with Crippen LogP contribution in [0.3, 0.4) is 0 Å². The van der Waals surface area contributed by atoms with Crippen molar-refractivity contribution >= 4 is 116 Å². The van der Waals surface area contributed by atoms with E-state index < -0.39 is 175 Å². The third-order valence-corrected chi connectivity index (χ3v) is 21.4. The number of primary amides is 1. The van der Waals surface area contributed by atoms with Crippen LogP contribution in [-0.4, -0.2) is 214 Å². The molecule has 0 saturated carbocycles. The van der Waals surface area contributed by atoms with E-state index in [0.717, 1.165) is 39.1 Å². The first-order valence-corrected chi connectivity index (χ1v) is 39.3. The smallest absolute Gasteiger partial charge is 0.245 e. The molecule has 33 heteroatoms. The maximum absolute atomic E-state index is 15.0. The molecule has 4 heterocycles. The molecule has 31 nitrogen and oxygen atoms in total. The van der Waals surface area contributed by atoms with Gasteiger partial charge in [0, 0.05) is 99.8 Å². The van der Waals surface area contributed by atoms with Gasteiger partial charge < -0.3 is 80.8 Å². The van der Waals surface area contributed by atoms with Gasteiger partial charge in [0.25, 0.3) is 0 Å². The van der Waals surface area contributed by atoms with E-state index in [4.69, 9.17) is 28.7 Å². The second-order valence-corrected chi connectivity index (χ2v) is 30.6. The fourth-order valence-electron chi connectivity index (χ4n) is 13.1. The number of guanidine groups is 1. The van der Waals surface area contributed by atoms with Crippen molar-refractivity contribution in [3.63, 3.8) is 0 Å². The predicted molar refractivity (Wildman–Crippen MR) is 399 cm³/mol. The SMILES string of the molecule is CCCC[C@H](NC(=O)[C@H]1CCCN1C(=O)CNC(=O)[C@@H](CCCCN)NC(=O)[C@H]1CSSC[C@H](NC(=O)[C@@H]2CCCN2C(=O)[C@H](CCCN=C(N)N)CC(=O)[C@H](CCC(N)=O)NC(=O)[C@@H](CC(=O)[C@H](C)N)CC2=CN=CC2)C(=O)C[C@@H](CC(C)C)C(=O)N[C@H](CO)C(=O)N1)C(=O)CCCc1ccccc1. The number of carbonyl (C=O) groups excluding carboxylic acids is 14. The molecule has 0 bridgehead atoms. The first-order valence-electron chi connectivity index (χ1n) is 36.8. The van der Waals surface area contributed by atoms with Crippen LogP contribution in [0.25, 0.3) is 0 Å². The quantitative estimate of drug-likeness (QED) is 0.0183. The molecule has 0 radical (unpaired) electrons. The Balaban J connectivity index is 1.33.